The fraction of sp³-hybridized carbons (Fsp3) is 0.125. The third-order valence-corrected chi connectivity index (χ3v) is 5.36. The number of hydrogen-bond donors (Lipinski definition) is 3. The number of aromatic nitrogens is 3. The maximum absolute atomic E-state index is 13.0. The summed E-state index contributed by atoms with van der Waals surface area (Å²) >= 11 is 5.99. The van der Waals surface area contributed by atoms with E-state index in [2.05, 4.69) is 20.7 Å². The van der Waals surface area contributed by atoms with Gasteiger partial charge in [-0.05, 0) is 48.5 Å². The SMILES string of the molecule is Nc1c(NC(=O)NCCc2ccccn2)c(-c2ccc(Cl)cc2)nn1-c1ccc(C(F)(F)F)cc1. The van der Waals surface area contributed by atoms with E-state index >= 15 is 0 Å². The van der Waals surface area contributed by atoms with Crippen LogP contribution >= 0.6 is 11.6 Å². The third-order valence-electron chi connectivity index (χ3n) is 5.11. The van der Waals surface area contributed by atoms with Crippen LogP contribution in [0.15, 0.2) is 72.9 Å². The van der Waals surface area contributed by atoms with E-state index in [1.54, 1.807) is 36.5 Å². The lowest BCUT2D eigenvalue weighted by atomic mass is 10.1. The van der Waals surface area contributed by atoms with Crippen molar-refractivity contribution in [1.82, 2.24) is 20.1 Å². The van der Waals surface area contributed by atoms with Crippen molar-refractivity contribution >= 4 is 29.1 Å². The number of benzene rings is 2. The first kappa shape index (κ1) is 24.1. The van der Waals surface area contributed by atoms with E-state index in [1.807, 2.05) is 12.1 Å². The van der Waals surface area contributed by atoms with Crippen LogP contribution in [0.2, 0.25) is 5.02 Å². The molecule has 4 aromatic rings. The number of pyridine rings is 1. The Labute approximate surface area is 203 Å². The molecule has 0 saturated carbocycles. The standard InChI is InChI=1S/C24H20ClF3N6O/c25-17-8-4-15(5-9-17)20-21(32-23(35)31-14-12-18-3-1-2-13-30-18)22(29)34(33-20)19-10-6-16(7-11-19)24(26,27)28/h1-11,13H,12,14,29H2,(H2,31,32,35). The Morgan fingerprint density at radius 2 is 1.74 bits per heavy atom. The van der Waals surface area contributed by atoms with Crippen LogP contribution in [-0.4, -0.2) is 27.3 Å². The van der Waals surface area contributed by atoms with Crippen molar-refractivity contribution in [3.8, 4) is 16.9 Å². The molecule has 2 amide bonds. The second-order valence-electron chi connectivity index (χ2n) is 7.52. The van der Waals surface area contributed by atoms with Crippen LogP contribution in [0.4, 0.5) is 29.5 Å². The van der Waals surface area contributed by atoms with Crippen molar-refractivity contribution in [3.63, 3.8) is 0 Å². The number of urea groups is 1. The van der Waals surface area contributed by atoms with Crippen LogP contribution in [0.3, 0.4) is 0 Å². The molecule has 0 radical (unpaired) electrons. The first-order valence-corrected chi connectivity index (χ1v) is 10.9. The predicted molar refractivity (Wildman–Crippen MR) is 128 cm³/mol. The van der Waals surface area contributed by atoms with E-state index in [0.717, 1.165) is 17.8 Å². The molecule has 0 aliphatic heterocycles. The Morgan fingerprint density at radius 1 is 1.03 bits per heavy atom. The molecule has 7 nitrogen and oxygen atoms in total. The maximum Gasteiger partial charge on any atom is 0.416 e. The number of carbonyl (C=O) groups is 1. The van der Waals surface area contributed by atoms with Crippen molar-refractivity contribution in [2.45, 2.75) is 12.6 Å². The molecule has 0 atom stereocenters. The van der Waals surface area contributed by atoms with E-state index < -0.39 is 17.8 Å². The predicted octanol–water partition coefficient (Wildman–Crippen LogP) is 5.55. The lowest BCUT2D eigenvalue weighted by Gasteiger charge is -2.10. The second-order valence-corrected chi connectivity index (χ2v) is 7.96. The van der Waals surface area contributed by atoms with Gasteiger partial charge in [-0.3, -0.25) is 4.98 Å². The smallest absolute Gasteiger partial charge is 0.382 e. The molecule has 2 aromatic carbocycles. The molecule has 2 heterocycles. The summed E-state index contributed by atoms with van der Waals surface area (Å²) in [5.74, 6) is 0.0505. The molecule has 0 saturated heterocycles. The van der Waals surface area contributed by atoms with Crippen molar-refractivity contribution in [1.29, 1.82) is 0 Å². The molecular formula is C24H20ClF3N6O. The highest BCUT2D eigenvalue weighted by atomic mass is 35.5. The number of halogens is 4. The molecule has 35 heavy (non-hydrogen) atoms. The summed E-state index contributed by atoms with van der Waals surface area (Å²) in [4.78, 5) is 16.8. The number of alkyl halides is 3. The fourth-order valence-corrected chi connectivity index (χ4v) is 3.49. The molecule has 0 unspecified atom stereocenters. The highest BCUT2D eigenvalue weighted by Gasteiger charge is 2.30. The average Bonchev–Trinajstić information content (AvgIpc) is 3.15. The van der Waals surface area contributed by atoms with Gasteiger partial charge in [-0.15, -0.1) is 0 Å². The molecule has 180 valence electrons. The van der Waals surface area contributed by atoms with Gasteiger partial charge in [0.25, 0.3) is 0 Å². The topological polar surface area (TPSA) is 97.9 Å². The number of nitrogens with zero attached hydrogens (tertiary/aromatic N) is 3. The molecule has 0 spiro atoms. The first-order chi connectivity index (χ1) is 16.7. The Balaban J connectivity index is 1.61. The van der Waals surface area contributed by atoms with Crippen LogP contribution in [-0.2, 0) is 12.6 Å². The lowest BCUT2D eigenvalue weighted by molar-refractivity contribution is -0.137. The average molecular weight is 501 g/mol. The van der Waals surface area contributed by atoms with Gasteiger partial charge in [0.05, 0.1) is 11.3 Å². The van der Waals surface area contributed by atoms with Crippen molar-refractivity contribution < 1.29 is 18.0 Å². The first-order valence-electron chi connectivity index (χ1n) is 10.5. The Kier molecular flexibility index (Phi) is 6.92. The Bertz CT molecular complexity index is 1310. The van der Waals surface area contributed by atoms with Crippen LogP contribution in [0, 0.1) is 0 Å². The molecule has 0 bridgehead atoms. The minimum atomic E-state index is -4.47. The normalized spacial score (nSPS) is 11.3. The van der Waals surface area contributed by atoms with Gasteiger partial charge in [-0.1, -0.05) is 29.8 Å². The molecule has 2 aromatic heterocycles. The fourth-order valence-electron chi connectivity index (χ4n) is 3.36. The molecule has 0 fully saturated rings. The Morgan fingerprint density at radius 3 is 2.37 bits per heavy atom. The van der Waals surface area contributed by atoms with Crippen LogP contribution < -0.4 is 16.4 Å². The third kappa shape index (κ3) is 5.72. The quantitative estimate of drug-likeness (QED) is 0.323. The number of carbonyl (C=O) groups excluding carboxylic acids is 1. The molecule has 11 heteroatoms. The number of nitrogens with two attached hydrogens (primary N) is 1. The monoisotopic (exact) mass is 500 g/mol. The number of anilines is 2. The summed E-state index contributed by atoms with van der Waals surface area (Å²) in [5, 5.41) is 10.4. The van der Waals surface area contributed by atoms with Crippen molar-refractivity contribution in [2.24, 2.45) is 0 Å². The highest BCUT2D eigenvalue weighted by Crippen LogP contribution is 2.35. The van der Waals surface area contributed by atoms with E-state index in [1.165, 1.54) is 16.8 Å². The van der Waals surface area contributed by atoms with Gasteiger partial charge < -0.3 is 16.4 Å². The maximum atomic E-state index is 13.0. The van der Waals surface area contributed by atoms with Crippen molar-refractivity contribution in [3.05, 3.63) is 89.2 Å². The van der Waals surface area contributed by atoms with Gasteiger partial charge >= 0.3 is 12.2 Å². The molecule has 0 aliphatic carbocycles. The summed E-state index contributed by atoms with van der Waals surface area (Å²) in [7, 11) is 0. The Hall–Kier alpha value is -4.05. The minimum Gasteiger partial charge on any atom is -0.382 e. The summed E-state index contributed by atoms with van der Waals surface area (Å²) < 4.78 is 40.2. The summed E-state index contributed by atoms with van der Waals surface area (Å²) in [6.07, 6.45) is -2.27. The lowest BCUT2D eigenvalue weighted by Crippen LogP contribution is -2.31. The number of hydrogen-bond acceptors (Lipinski definition) is 4. The van der Waals surface area contributed by atoms with Crippen LogP contribution in [0.1, 0.15) is 11.3 Å². The number of nitrogen functional groups attached to an aromatic ring is 1. The zero-order valence-corrected chi connectivity index (χ0v) is 18.9. The van der Waals surface area contributed by atoms with Crippen LogP contribution in [0.25, 0.3) is 16.9 Å². The zero-order chi connectivity index (χ0) is 25.0. The summed E-state index contributed by atoms with van der Waals surface area (Å²) in [6.45, 7) is 0.325. The summed E-state index contributed by atoms with van der Waals surface area (Å²) in [6, 6.07) is 16.1. The van der Waals surface area contributed by atoms with E-state index in [-0.39, 0.29) is 11.5 Å². The second kappa shape index (κ2) is 10.1. The largest absolute Gasteiger partial charge is 0.416 e. The van der Waals surface area contributed by atoms with Gasteiger partial charge in [0.1, 0.15) is 11.4 Å². The van der Waals surface area contributed by atoms with Crippen molar-refractivity contribution in [2.75, 3.05) is 17.6 Å². The van der Waals surface area contributed by atoms with Gasteiger partial charge in [-0.25, -0.2) is 9.48 Å². The minimum absolute atomic E-state index is 0.0505. The van der Waals surface area contributed by atoms with Gasteiger partial charge in [-0.2, -0.15) is 18.3 Å². The van der Waals surface area contributed by atoms with E-state index in [9.17, 15) is 18.0 Å². The molecule has 0 aliphatic rings. The van der Waals surface area contributed by atoms with E-state index in [0.29, 0.717) is 34.9 Å². The highest BCUT2D eigenvalue weighted by molar-refractivity contribution is 6.30. The molecular weight excluding hydrogens is 481 g/mol. The van der Waals surface area contributed by atoms with Gasteiger partial charge in [0, 0.05) is 35.4 Å². The van der Waals surface area contributed by atoms with E-state index in [4.69, 9.17) is 17.3 Å². The number of amides is 2. The zero-order valence-electron chi connectivity index (χ0n) is 18.2. The number of nitrogens with one attached hydrogen (secondary N) is 2. The van der Waals surface area contributed by atoms with Gasteiger partial charge in [0.2, 0.25) is 0 Å². The van der Waals surface area contributed by atoms with Crippen LogP contribution in [0.5, 0.6) is 0 Å². The summed E-state index contributed by atoms with van der Waals surface area (Å²) in [5.41, 5.74) is 7.77. The molecule has 4 N–H and O–H groups in total. The number of rotatable bonds is 6. The molecule has 4 rings (SSSR count). The van der Waals surface area contributed by atoms with Gasteiger partial charge in [0.15, 0.2) is 5.82 Å².